The first-order valence-corrected chi connectivity index (χ1v) is 7.17. The lowest BCUT2D eigenvalue weighted by Crippen LogP contribution is -2.40. The van der Waals surface area contributed by atoms with Crippen molar-refractivity contribution in [2.75, 3.05) is 5.32 Å². The first kappa shape index (κ1) is 14.0. The van der Waals surface area contributed by atoms with Crippen molar-refractivity contribution in [3.8, 4) is 5.82 Å². The molecule has 0 spiro atoms. The van der Waals surface area contributed by atoms with Gasteiger partial charge in [-0.3, -0.25) is 4.79 Å². The molecular weight excluding hydrogens is 292 g/mol. The van der Waals surface area contributed by atoms with Gasteiger partial charge in [0.2, 0.25) is 0 Å². The van der Waals surface area contributed by atoms with Gasteiger partial charge in [-0.05, 0) is 37.8 Å². The molecule has 1 aliphatic carbocycles. The van der Waals surface area contributed by atoms with Crippen molar-refractivity contribution in [1.29, 1.82) is 0 Å². The van der Waals surface area contributed by atoms with E-state index in [2.05, 4.69) is 15.4 Å². The molecule has 0 bridgehead atoms. The number of nitrogens with one attached hydrogen (secondary N) is 1. The molecule has 6 nitrogen and oxygen atoms in total. The normalized spacial score (nSPS) is 16.9. The molecule has 1 aliphatic rings. The molecule has 0 saturated heterocycles. The average molecular weight is 307 g/mol. The van der Waals surface area contributed by atoms with Gasteiger partial charge in [0.1, 0.15) is 5.60 Å². The fraction of sp³-hybridized carbons (Fsp3) is 0.357. The van der Waals surface area contributed by atoms with E-state index in [9.17, 15) is 9.90 Å². The Labute approximate surface area is 126 Å². The zero-order chi connectivity index (χ0) is 14.9. The number of halogens is 1. The minimum atomic E-state index is -1.27. The molecule has 21 heavy (non-hydrogen) atoms. The van der Waals surface area contributed by atoms with Crippen molar-refractivity contribution in [3.05, 3.63) is 35.6 Å². The van der Waals surface area contributed by atoms with Crippen LogP contribution in [-0.4, -0.2) is 31.4 Å². The average Bonchev–Trinajstić information content (AvgIpc) is 3.09. The molecule has 2 heterocycles. The van der Waals surface area contributed by atoms with Crippen molar-refractivity contribution in [3.63, 3.8) is 0 Å². The van der Waals surface area contributed by atoms with Gasteiger partial charge < -0.3 is 10.4 Å². The maximum Gasteiger partial charge on any atom is 0.257 e. The van der Waals surface area contributed by atoms with E-state index in [1.165, 1.54) is 4.68 Å². The zero-order valence-corrected chi connectivity index (χ0v) is 12.0. The summed E-state index contributed by atoms with van der Waals surface area (Å²) in [6.45, 7) is 0. The van der Waals surface area contributed by atoms with Crippen LogP contribution in [-0.2, 0) is 4.79 Å². The molecule has 0 radical (unpaired) electrons. The Morgan fingerprint density at radius 2 is 2.14 bits per heavy atom. The predicted molar refractivity (Wildman–Crippen MR) is 78.4 cm³/mol. The Hall–Kier alpha value is -1.92. The monoisotopic (exact) mass is 306 g/mol. The van der Waals surface area contributed by atoms with Crippen LogP contribution in [0.1, 0.15) is 25.7 Å². The van der Waals surface area contributed by atoms with Gasteiger partial charge in [0.25, 0.3) is 5.91 Å². The van der Waals surface area contributed by atoms with Crippen molar-refractivity contribution >= 4 is 23.3 Å². The number of aliphatic hydroxyl groups is 1. The third kappa shape index (κ3) is 2.77. The van der Waals surface area contributed by atoms with E-state index >= 15 is 0 Å². The Kier molecular flexibility index (Phi) is 3.65. The first-order valence-electron chi connectivity index (χ1n) is 6.79. The lowest BCUT2D eigenvalue weighted by Gasteiger charge is -2.19. The largest absolute Gasteiger partial charge is 0.380 e. The van der Waals surface area contributed by atoms with Crippen molar-refractivity contribution in [2.24, 2.45) is 0 Å². The number of hydrogen-bond acceptors (Lipinski definition) is 4. The second-order valence-electron chi connectivity index (χ2n) is 5.15. The van der Waals surface area contributed by atoms with Crippen LogP contribution in [0.15, 0.2) is 30.6 Å². The molecule has 0 aliphatic heterocycles. The summed E-state index contributed by atoms with van der Waals surface area (Å²) in [5.41, 5.74) is -1.27. The van der Waals surface area contributed by atoms with E-state index in [1.807, 2.05) is 0 Å². The molecule has 2 aromatic heterocycles. The SMILES string of the molecule is O=C(Nc1ccn(-c2ncccc2Cl)n1)C1(O)CCCC1. The maximum absolute atomic E-state index is 12.1. The van der Waals surface area contributed by atoms with E-state index in [4.69, 9.17) is 11.6 Å². The second kappa shape index (κ2) is 5.46. The fourth-order valence-corrected chi connectivity index (χ4v) is 2.68. The number of nitrogens with zero attached hydrogens (tertiary/aromatic N) is 3. The van der Waals surface area contributed by atoms with Gasteiger partial charge >= 0.3 is 0 Å². The van der Waals surface area contributed by atoms with Crippen LogP contribution in [0.4, 0.5) is 5.82 Å². The third-order valence-corrected chi connectivity index (χ3v) is 3.94. The number of amides is 1. The molecule has 110 valence electrons. The minimum absolute atomic E-state index is 0.363. The van der Waals surface area contributed by atoms with Gasteiger partial charge in [0.05, 0.1) is 5.02 Å². The summed E-state index contributed by atoms with van der Waals surface area (Å²) in [6, 6.07) is 5.08. The Morgan fingerprint density at radius 3 is 2.86 bits per heavy atom. The fourth-order valence-electron chi connectivity index (χ4n) is 2.47. The Bertz CT molecular complexity index is 664. The maximum atomic E-state index is 12.1. The smallest absolute Gasteiger partial charge is 0.257 e. The summed E-state index contributed by atoms with van der Waals surface area (Å²) < 4.78 is 1.48. The molecule has 3 rings (SSSR count). The minimum Gasteiger partial charge on any atom is -0.380 e. The number of aromatic nitrogens is 3. The molecule has 1 amide bonds. The standard InChI is InChI=1S/C14H15ClN4O2/c15-10-4-3-8-16-12(10)19-9-5-11(18-19)17-13(20)14(21)6-1-2-7-14/h3-5,8-9,21H,1-2,6-7H2,(H,17,18,20). The summed E-state index contributed by atoms with van der Waals surface area (Å²) in [4.78, 5) is 16.2. The van der Waals surface area contributed by atoms with E-state index in [1.54, 1.807) is 30.6 Å². The highest BCUT2D eigenvalue weighted by Crippen LogP contribution is 2.30. The summed E-state index contributed by atoms with van der Waals surface area (Å²) >= 11 is 6.05. The van der Waals surface area contributed by atoms with Crippen molar-refractivity contribution in [1.82, 2.24) is 14.8 Å². The zero-order valence-electron chi connectivity index (χ0n) is 11.3. The lowest BCUT2D eigenvalue weighted by molar-refractivity contribution is -0.133. The molecule has 1 fully saturated rings. The molecule has 7 heteroatoms. The van der Waals surface area contributed by atoms with Gasteiger partial charge in [-0.15, -0.1) is 5.10 Å². The van der Waals surface area contributed by atoms with Crippen LogP contribution in [0, 0.1) is 0 Å². The van der Waals surface area contributed by atoms with E-state index in [-0.39, 0.29) is 0 Å². The summed E-state index contributed by atoms with van der Waals surface area (Å²) in [6.07, 6.45) is 5.98. The van der Waals surface area contributed by atoms with Crippen LogP contribution in [0.3, 0.4) is 0 Å². The van der Waals surface area contributed by atoms with Gasteiger partial charge in [0.15, 0.2) is 11.6 Å². The first-order chi connectivity index (χ1) is 10.1. The number of pyridine rings is 1. The van der Waals surface area contributed by atoms with Gasteiger partial charge in [-0.25, -0.2) is 9.67 Å². The highest BCUT2D eigenvalue weighted by molar-refractivity contribution is 6.32. The summed E-state index contributed by atoms with van der Waals surface area (Å²) in [7, 11) is 0. The Balaban J connectivity index is 1.77. The molecular formula is C14H15ClN4O2. The molecule has 0 aromatic carbocycles. The van der Waals surface area contributed by atoms with E-state index in [0.29, 0.717) is 29.5 Å². The molecule has 2 N–H and O–H groups in total. The molecule has 1 saturated carbocycles. The molecule has 0 atom stereocenters. The number of hydrogen-bond donors (Lipinski definition) is 2. The van der Waals surface area contributed by atoms with Crippen LogP contribution < -0.4 is 5.32 Å². The second-order valence-corrected chi connectivity index (χ2v) is 5.55. The van der Waals surface area contributed by atoms with Crippen molar-refractivity contribution < 1.29 is 9.90 Å². The predicted octanol–water partition coefficient (Wildman–Crippen LogP) is 2.16. The highest BCUT2D eigenvalue weighted by Gasteiger charge is 2.39. The van der Waals surface area contributed by atoms with Crippen LogP contribution in [0.25, 0.3) is 5.82 Å². The topological polar surface area (TPSA) is 80.0 Å². The molecule has 0 unspecified atom stereocenters. The quantitative estimate of drug-likeness (QED) is 0.910. The summed E-state index contributed by atoms with van der Waals surface area (Å²) in [5.74, 6) is 0.443. The van der Waals surface area contributed by atoms with E-state index < -0.39 is 11.5 Å². The number of carbonyl (C=O) groups excluding carboxylic acids is 1. The number of rotatable bonds is 3. The van der Waals surface area contributed by atoms with Gasteiger partial charge in [0, 0.05) is 18.5 Å². The van der Waals surface area contributed by atoms with E-state index in [0.717, 1.165) is 12.8 Å². The van der Waals surface area contributed by atoms with Crippen molar-refractivity contribution in [2.45, 2.75) is 31.3 Å². The number of carbonyl (C=O) groups is 1. The number of anilines is 1. The van der Waals surface area contributed by atoms with Gasteiger partial charge in [-0.2, -0.15) is 0 Å². The third-order valence-electron chi connectivity index (χ3n) is 3.64. The lowest BCUT2D eigenvalue weighted by atomic mass is 10.0. The summed E-state index contributed by atoms with van der Waals surface area (Å²) in [5, 5.41) is 17.5. The highest BCUT2D eigenvalue weighted by atomic mass is 35.5. The molecule has 2 aromatic rings. The Morgan fingerprint density at radius 1 is 1.38 bits per heavy atom. The van der Waals surface area contributed by atoms with Crippen LogP contribution in [0.2, 0.25) is 5.02 Å². The van der Waals surface area contributed by atoms with Crippen LogP contribution >= 0.6 is 11.6 Å². The van der Waals surface area contributed by atoms with Crippen LogP contribution in [0.5, 0.6) is 0 Å². The van der Waals surface area contributed by atoms with Gasteiger partial charge in [-0.1, -0.05) is 11.6 Å².